The van der Waals surface area contributed by atoms with Crippen LogP contribution in [0.5, 0.6) is 0 Å². The van der Waals surface area contributed by atoms with E-state index in [0.717, 1.165) is 49.1 Å². The van der Waals surface area contributed by atoms with Crippen LogP contribution in [0, 0.1) is 6.92 Å². The summed E-state index contributed by atoms with van der Waals surface area (Å²) >= 11 is 6.03. The van der Waals surface area contributed by atoms with Gasteiger partial charge in [-0.2, -0.15) is 4.98 Å². The molecule has 2 aromatic rings. The first-order valence-electron chi connectivity index (χ1n) is 11.3. The molecule has 1 aliphatic heterocycles. The summed E-state index contributed by atoms with van der Waals surface area (Å²) in [6, 6.07) is 6.30. The SMILES string of the molecule is Cc1cccnc1N1CCN(c2cc(C3=CCC(Cl)=C(F)C=C3)nc(N(C)C(C)C)n2)CC1. The van der Waals surface area contributed by atoms with E-state index in [-0.39, 0.29) is 11.1 Å². The summed E-state index contributed by atoms with van der Waals surface area (Å²) < 4.78 is 14.0. The molecular formula is C25H30ClFN6. The van der Waals surface area contributed by atoms with E-state index in [1.807, 2.05) is 36.4 Å². The Labute approximate surface area is 200 Å². The molecule has 3 heterocycles. The van der Waals surface area contributed by atoms with Crippen LogP contribution >= 0.6 is 11.6 Å². The molecule has 0 spiro atoms. The van der Waals surface area contributed by atoms with Crippen molar-refractivity contribution < 1.29 is 4.39 Å². The normalized spacial score (nSPS) is 16.9. The van der Waals surface area contributed by atoms with Crippen molar-refractivity contribution in [3.8, 4) is 0 Å². The lowest BCUT2D eigenvalue weighted by atomic mass is 10.1. The van der Waals surface area contributed by atoms with E-state index in [0.29, 0.717) is 12.4 Å². The van der Waals surface area contributed by atoms with Gasteiger partial charge in [-0.05, 0) is 44.1 Å². The zero-order valence-corrected chi connectivity index (χ0v) is 20.3. The van der Waals surface area contributed by atoms with E-state index in [9.17, 15) is 4.39 Å². The third kappa shape index (κ3) is 5.19. The number of halogens is 2. The largest absolute Gasteiger partial charge is 0.353 e. The van der Waals surface area contributed by atoms with Crippen LogP contribution in [-0.2, 0) is 0 Å². The fourth-order valence-electron chi connectivity index (χ4n) is 3.88. The highest BCUT2D eigenvalue weighted by atomic mass is 35.5. The number of allylic oxidation sites excluding steroid dienone is 6. The van der Waals surface area contributed by atoms with Crippen LogP contribution in [0.1, 0.15) is 31.5 Å². The van der Waals surface area contributed by atoms with Crippen molar-refractivity contribution in [3.63, 3.8) is 0 Å². The summed E-state index contributed by atoms with van der Waals surface area (Å²) in [7, 11) is 1.99. The molecule has 1 saturated heterocycles. The van der Waals surface area contributed by atoms with Gasteiger partial charge in [0.15, 0.2) is 0 Å². The van der Waals surface area contributed by atoms with Crippen LogP contribution in [0.4, 0.5) is 22.0 Å². The molecule has 174 valence electrons. The third-order valence-electron chi connectivity index (χ3n) is 6.14. The standard InChI is InChI=1S/C25H30ClFN6/c1-17(2)31(4)25-29-22(19-7-9-20(26)21(27)10-8-19)16-23(30-25)32-12-14-33(15-13-32)24-18(3)6-5-11-28-24/h5-8,10-11,16-17H,9,12-15H2,1-4H3. The molecule has 0 saturated carbocycles. The lowest BCUT2D eigenvalue weighted by Crippen LogP contribution is -2.47. The monoisotopic (exact) mass is 468 g/mol. The molecule has 0 atom stereocenters. The molecule has 0 N–H and O–H groups in total. The number of hydrogen-bond donors (Lipinski definition) is 0. The Hall–Kier alpha value is -2.93. The molecule has 0 unspecified atom stereocenters. The topological polar surface area (TPSA) is 48.4 Å². The van der Waals surface area contributed by atoms with Gasteiger partial charge in [-0.3, -0.25) is 0 Å². The predicted octanol–water partition coefficient (Wildman–Crippen LogP) is 5.11. The van der Waals surface area contributed by atoms with E-state index in [4.69, 9.17) is 21.6 Å². The third-order valence-corrected chi connectivity index (χ3v) is 6.48. The van der Waals surface area contributed by atoms with Crippen LogP contribution in [-0.4, -0.2) is 54.2 Å². The summed E-state index contributed by atoms with van der Waals surface area (Å²) in [6.07, 6.45) is 7.24. The molecule has 6 nitrogen and oxygen atoms in total. The molecule has 2 aliphatic rings. The van der Waals surface area contributed by atoms with Crippen molar-refractivity contribution >= 4 is 34.8 Å². The molecule has 4 rings (SSSR count). The zero-order chi connectivity index (χ0) is 23.5. The minimum absolute atomic E-state index is 0.205. The number of aromatic nitrogens is 3. The smallest absolute Gasteiger partial charge is 0.227 e. The lowest BCUT2D eigenvalue weighted by molar-refractivity contribution is 0.637. The minimum Gasteiger partial charge on any atom is -0.353 e. The number of nitrogens with zero attached hydrogens (tertiary/aromatic N) is 6. The van der Waals surface area contributed by atoms with Gasteiger partial charge < -0.3 is 14.7 Å². The number of pyridine rings is 1. The Morgan fingerprint density at radius 1 is 1.09 bits per heavy atom. The molecule has 0 aromatic carbocycles. The van der Waals surface area contributed by atoms with Crippen molar-refractivity contribution in [1.29, 1.82) is 0 Å². The lowest BCUT2D eigenvalue weighted by Gasteiger charge is -2.37. The van der Waals surface area contributed by atoms with Gasteiger partial charge in [-0.15, -0.1) is 0 Å². The Balaban J connectivity index is 1.62. The summed E-state index contributed by atoms with van der Waals surface area (Å²) in [5.74, 6) is 2.16. The molecule has 1 fully saturated rings. The van der Waals surface area contributed by atoms with Gasteiger partial charge in [0.25, 0.3) is 0 Å². The Kier molecular flexibility index (Phi) is 6.98. The maximum Gasteiger partial charge on any atom is 0.227 e. The van der Waals surface area contributed by atoms with E-state index < -0.39 is 5.83 Å². The van der Waals surface area contributed by atoms with Crippen LogP contribution in [0.3, 0.4) is 0 Å². The van der Waals surface area contributed by atoms with Crippen LogP contribution in [0.15, 0.2) is 53.5 Å². The fourth-order valence-corrected chi connectivity index (χ4v) is 4.02. The van der Waals surface area contributed by atoms with E-state index in [1.165, 1.54) is 11.6 Å². The van der Waals surface area contributed by atoms with Crippen molar-refractivity contribution in [1.82, 2.24) is 15.0 Å². The van der Waals surface area contributed by atoms with Gasteiger partial charge in [0.1, 0.15) is 17.5 Å². The zero-order valence-electron chi connectivity index (χ0n) is 19.6. The van der Waals surface area contributed by atoms with Crippen molar-refractivity contribution in [2.24, 2.45) is 0 Å². The highest BCUT2D eigenvalue weighted by molar-refractivity contribution is 6.30. The Morgan fingerprint density at radius 2 is 1.82 bits per heavy atom. The summed E-state index contributed by atoms with van der Waals surface area (Å²) in [5, 5.41) is 0.205. The first kappa shape index (κ1) is 23.2. The maximum absolute atomic E-state index is 14.0. The summed E-state index contributed by atoms with van der Waals surface area (Å²) in [4.78, 5) is 20.9. The van der Waals surface area contributed by atoms with Gasteiger partial charge in [0, 0.05) is 58.0 Å². The minimum atomic E-state index is -0.405. The fraction of sp³-hybridized carbons (Fsp3) is 0.400. The second-order valence-electron chi connectivity index (χ2n) is 8.68. The Bertz CT molecular complexity index is 1100. The van der Waals surface area contributed by atoms with Crippen LogP contribution < -0.4 is 14.7 Å². The average Bonchev–Trinajstić information content (AvgIpc) is 2.99. The number of hydrogen-bond acceptors (Lipinski definition) is 6. The van der Waals surface area contributed by atoms with E-state index in [1.54, 1.807) is 6.08 Å². The molecule has 33 heavy (non-hydrogen) atoms. The predicted molar refractivity (Wildman–Crippen MR) is 135 cm³/mol. The first-order chi connectivity index (χ1) is 15.8. The van der Waals surface area contributed by atoms with E-state index in [2.05, 4.69) is 41.6 Å². The second kappa shape index (κ2) is 9.91. The Morgan fingerprint density at radius 3 is 2.52 bits per heavy atom. The highest BCUT2D eigenvalue weighted by Gasteiger charge is 2.23. The number of rotatable bonds is 5. The van der Waals surface area contributed by atoms with E-state index >= 15 is 0 Å². The maximum atomic E-state index is 14.0. The van der Waals surface area contributed by atoms with Crippen LogP contribution in [0.2, 0.25) is 0 Å². The van der Waals surface area contributed by atoms with Gasteiger partial charge in [0.2, 0.25) is 5.95 Å². The number of piperazine rings is 1. The molecular weight excluding hydrogens is 439 g/mol. The number of anilines is 3. The van der Waals surface area contributed by atoms with Gasteiger partial charge >= 0.3 is 0 Å². The van der Waals surface area contributed by atoms with Crippen molar-refractivity contribution in [3.05, 3.63) is 64.7 Å². The number of aryl methyl sites for hydroxylation is 1. The van der Waals surface area contributed by atoms with Gasteiger partial charge in [-0.1, -0.05) is 29.8 Å². The summed E-state index contributed by atoms with van der Waals surface area (Å²) in [6.45, 7) is 9.68. The molecule has 1 aliphatic carbocycles. The molecule has 0 amide bonds. The molecule has 0 radical (unpaired) electrons. The molecule has 0 bridgehead atoms. The van der Waals surface area contributed by atoms with Crippen molar-refractivity contribution in [2.75, 3.05) is 47.9 Å². The summed E-state index contributed by atoms with van der Waals surface area (Å²) in [5.41, 5.74) is 2.79. The highest BCUT2D eigenvalue weighted by Crippen LogP contribution is 2.29. The van der Waals surface area contributed by atoms with Gasteiger partial charge in [0.05, 0.1) is 10.7 Å². The quantitative estimate of drug-likeness (QED) is 0.607. The van der Waals surface area contributed by atoms with Gasteiger partial charge in [-0.25, -0.2) is 14.4 Å². The van der Waals surface area contributed by atoms with Crippen LogP contribution in [0.25, 0.3) is 5.57 Å². The average molecular weight is 469 g/mol. The first-order valence-corrected chi connectivity index (χ1v) is 11.7. The molecule has 2 aromatic heterocycles. The van der Waals surface area contributed by atoms with Crippen molar-refractivity contribution in [2.45, 2.75) is 33.2 Å². The molecule has 8 heteroatoms. The second-order valence-corrected chi connectivity index (χ2v) is 9.14.